The van der Waals surface area contributed by atoms with Gasteiger partial charge in [-0.05, 0) is 0 Å². The van der Waals surface area contributed by atoms with Gasteiger partial charge in [-0.2, -0.15) is 0 Å². The summed E-state index contributed by atoms with van der Waals surface area (Å²) in [7, 11) is -9.77. The fourth-order valence-corrected chi connectivity index (χ4v) is 2.68. The maximum Gasteiger partial charge on any atom is 0.756 e. The van der Waals surface area contributed by atoms with Crippen LogP contribution < -0.4 is 0 Å². The van der Waals surface area contributed by atoms with Gasteiger partial charge in [-0.1, -0.05) is 0 Å². The Morgan fingerprint density at radius 3 is 1.67 bits per heavy atom. The van der Waals surface area contributed by atoms with Crippen molar-refractivity contribution in [3.63, 3.8) is 0 Å². The first-order valence-electron chi connectivity index (χ1n) is 1.72. The standard InChI is InChI=1S/H2O6Si3/c1-7(2)6-9(5)8(3)4/h1,3H. The van der Waals surface area contributed by atoms with Gasteiger partial charge in [-0.15, -0.1) is 0 Å². The fourth-order valence-electron chi connectivity index (χ4n) is 0.123. The molecular weight excluding hydrogens is 180 g/mol. The maximum absolute atomic E-state index is 10.1. The van der Waals surface area contributed by atoms with Crippen LogP contribution in [0, 0.1) is 0 Å². The summed E-state index contributed by atoms with van der Waals surface area (Å²) in [5.74, 6) is 0. The average Bonchev–Trinajstić information content (AvgIpc) is 1.63. The molecule has 9 heavy (non-hydrogen) atoms. The second kappa shape index (κ2) is 3.47. The summed E-state index contributed by atoms with van der Waals surface area (Å²) in [6.45, 7) is 0. The Balaban J connectivity index is 3.79. The highest BCUT2D eigenvalue weighted by Gasteiger charge is 2.27. The molecule has 0 fully saturated rings. The Bertz CT molecular complexity index is 158. The lowest BCUT2D eigenvalue weighted by molar-refractivity contribution is 0.323. The molecule has 0 aromatic rings. The summed E-state index contributed by atoms with van der Waals surface area (Å²) in [6, 6.07) is 0. The Hall–Kier alpha value is -0.549. The lowest BCUT2D eigenvalue weighted by atomic mass is 15.7. The van der Waals surface area contributed by atoms with Crippen molar-refractivity contribution >= 4 is 26.1 Å². The predicted octanol–water partition coefficient (Wildman–Crippen LogP) is -2.68. The van der Waals surface area contributed by atoms with Crippen LogP contribution in [0.4, 0.5) is 0 Å². The van der Waals surface area contributed by atoms with E-state index in [9.17, 15) is 13.4 Å². The minimum atomic E-state index is -3.33. The van der Waals surface area contributed by atoms with Gasteiger partial charge in [0.25, 0.3) is 0 Å². The van der Waals surface area contributed by atoms with Crippen molar-refractivity contribution in [2.75, 3.05) is 0 Å². The monoisotopic (exact) mass is 182 g/mol. The van der Waals surface area contributed by atoms with E-state index in [1.165, 1.54) is 0 Å². The summed E-state index contributed by atoms with van der Waals surface area (Å²) >= 11 is 0. The summed E-state index contributed by atoms with van der Waals surface area (Å²) in [6.07, 6.45) is 0. The molecule has 6 nitrogen and oxygen atoms in total. The Labute approximate surface area is 54.0 Å². The van der Waals surface area contributed by atoms with Crippen LogP contribution in [-0.2, 0) is 17.5 Å². The second-order valence-corrected chi connectivity index (χ2v) is 6.00. The molecule has 0 saturated heterocycles. The zero-order valence-corrected chi connectivity index (χ0v) is 7.03. The fraction of sp³-hybridized carbons (Fsp3) is 0. The van der Waals surface area contributed by atoms with Gasteiger partial charge in [-0.3, -0.25) is 4.46 Å². The molecule has 0 aliphatic carbocycles. The van der Waals surface area contributed by atoms with Gasteiger partial charge in [0.2, 0.25) is 0 Å². The van der Waals surface area contributed by atoms with Gasteiger partial charge < -0.3 is 22.6 Å². The molecule has 0 aliphatic heterocycles. The van der Waals surface area contributed by atoms with E-state index in [0.717, 1.165) is 0 Å². The molecule has 0 bridgehead atoms. The summed E-state index contributed by atoms with van der Waals surface area (Å²) in [5, 5.41) is 0. The first-order chi connectivity index (χ1) is 4.04. The molecule has 2 N–H and O–H groups in total. The smallest absolute Gasteiger partial charge is 0.536 e. The molecule has 0 heterocycles. The first-order valence-corrected chi connectivity index (χ1v) is 6.65. The zero-order chi connectivity index (χ0) is 7.44. The van der Waals surface area contributed by atoms with Crippen LogP contribution in [0.3, 0.4) is 0 Å². The van der Waals surface area contributed by atoms with Gasteiger partial charge in [-0.25, -0.2) is 0 Å². The van der Waals surface area contributed by atoms with E-state index in [1.807, 2.05) is 0 Å². The maximum atomic E-state index is 10.1. The zero-order valence-electron chi connectivity index (χ0n) is 4.03. The molecule has 0 radical (unpaired) electrons. The number of hydrogen-bond acceptors (Lipinski definition) is 4. The highest BCUT2D eigenvalue weighted by Crippen LogP contribution is 1.69. The van der Waals surface area contributed by atoms with Crippen LogP contribution in [0.5, 0.6) is 0 Å². The molecule has 0 spiro atoms. The van der Waals surface area contributed by atoms with Crippen molar-refractivity contribution in [1.82, 2.24) is 0 Å². The van der Waals surface area contributed by atoms with Crippen molar-refractivity contribution in [2.45, 2.75) is 0 Å². The molecule has 0 aromatic heterocycles. The highest BCUT2D eigenvalue weighted by molar-refractivity contribution is 7.02. The van der Waals surface area contributed by atoms with Gasteiger partial charge >= 0.3 is 26.1 Å². The second-order valence-electron chi connectivity index (χ2n) is 0.961. The third-order valence-corrected chi connectivity index (χ3v) is 4.11. The van der Waals surface area contributed by atoms with Gasteiger partial charge in [0.05, 0.1) is 0 Å². The van der Waals surface area contributed by atoms with Gasteiger partial charge in [0, 0.05) is 0 Å². The topological polar surface area (TPSA) is 101 Å². The van der Waals surface area contributed by atoms with Crippen LogP contribution in [0.25, 0.3) is 0 Å². The van der Waals surface area contributed by atoms with E-state index in [4.69, 9.17) is 9.59 Å². The molecule has 0 unspecified atom stereocenters. The van der Waals surface area contributed by atoms with E-state index in [0.29, 0.717) is 0 Å². The third kappa shape index (κ3) is 3.99. The lowest BCUT2D eigenvalue weighted by Crippen LogP contribution is -2.26. The Kier molecular flexibility index (Phi) is 3.26. The highest BCUT2D eigenvalue weighted by atomic mass is 29.2. The third-order valence-electron chi connectivity index (χ3n) is 0.355. The lowest BCUT2D eigenvalue weighted by Gasteiger charge is -1.86. The SMILES string of the molecule is O=[Si](O)O[Si](=O)[Si](=O)O. The van der Waals surface area contributed by atoms with Crippen LogP contribution in [0.1, 0.15) is 0 Å². The summed E-state index contributed by atoms with van der Waals surface area (Å²) in [5.41, 5.74) is 0. The van der Waals surface area contributed by atoms with Crippen LogP contribution >= 0.6 is 0 Å². The van der Waals surface area contributed by atoms with Gasteiger partial charge in [0.1, 0.15) is 0 Å². The normalized spacial score (nSPS) is 8.00. The Morgan fingerprint density at radius 2 is 1.56 bits per heavy atom. The summed E-state index contributed by atoms with van der Waals surface area (Å²) < 4.78 is 33.2. The van der Waals surface area contributed by atoms with E-state index >= 15 is 0 Å². The molecule has 0 rings (SSSR count). The van der Waals surface area contributed by atoms with Crippen LogP contribution in [0.15, 0.2) is 0 Å². The molecule has 0 aliphatic rings. The Morgan fingerprint density at radius 1 is 1.11 bits per heavy atom. The molecule has 0 saturated carbocycles. The quantitative estimate of drug-likeness (QED) is 0.461. The minimum absolute atomic E-state index is 3.17. The van der Waals surface area contributed by atoms with Crippen molar-refractivity contribution in [2.24, 2.45) is 0 Å². The van der Waals surface area contributed by atoms with Crippen LogP contribution in [-0.4, -0.2) is 35.7 Å². The molecule has 50 valence electrons. The van der Waals surface area contributed by atoms with E-state index in [2.05, 4.69) is 4.12 Å². The molecule has 0 aromatic carbocycles. The van der Waals surface area contributed by atoms with E-state index < -0.39 is 26.1 Å². The predicted molar refractivity (Wildman–Crippen MR) is 24.8 cm³/mol. The summed E-state index contributed by atoms with van der Waals surface area (Å²) in [4.78, 5) is 15.9. The van der Waals surface area contributed by atoms with Crippen molar-refractivity contribution < 1.29 is 27.1 Å². The number of hydrogen-bond donors (Lipinski definition) is 2. The minimum Gasteiger partial charge on any atom is -0.536 e. The molecular formula is H2O6Si3. The molecule has 9 heteroatoms. The van der Waals surface area contributed by atoms with E-state index in [-0.39, 0.29) is 0 Å². The van der Waals surface area contributed by atoms with Crippen molar-refractivity contribution in [3.05, 3.63) is 0 Å². The van der Waals surface area contributed by atoms with Crippen molar-refractivity contribution in [1.29, 1.82) is 0 Å². The van der Waals surface area contributed by atoms with Crippen molar-refractivity contribution in [3.8, 4) is 0 Å². The van der Waals surface area contributed by atoms with E-state index in [1.54, 1.807) is 0 Å². The molecule has 0 amide bonds. The van der Waals surface area contributed by atoms with Crippen LogP contribution in [0.2, 0.25) is 0 Å². The molecule has 0 atom stereocenters. The average molecular weight is 182 g/mol. The van der Waals surface area contributed by atoms with Gasteiger partial charge in [0.15, 0.2) is 0 Å². The number of rotatable bonds is 3. The first kappa shape index (κ1) is 8.45. The largest absolute Gasteiger partial charge is 0.756 e.